The summed E-state index contributed by atoms with van der Waals surface area (Å²) in [6.07, 6.45) is 1.10. The molecule has 0 radical (unpaired) electrons. The van der Waals surface area contributed by atoms with Gasteiger partial charge in [-0.3, -0.25) is 9.59 Å². The van der Waals surface area contributed by atoms with Crippen LogP contribution in [0.2, 0.25) is 0 Å². The summed E-state index contributed by atoms with van der Waals surface area (Å²) in [4.78, 5) is 20.2. The summed E-state index contributed by atoms with van der Waals surface area (Å²) in [6.45, 7) is 7.79. The van der Waals surface area contributed by atoms with Crippen molar-refractivity contribution in [1.29, 1.82) is 0 Å². The van der Waals surface area contributed by atoms with Crippen molar-refractivity contribution in [2.24, 2.45) is 23.3 Å². The minimum atomic E-state index is -0.913. The average Bonchev–Trinajstić information content (AvgIpc) is 2.16. The van der Waals surface area contributed by atoms with Crippen molar-refractivity contribution >= 4 is 11.9 Å². The Labute approximate surface area is 108 Å². The maximum absolute atomic E-state index is 10.1. The quantitative estimate of drug-likeness (QED) is 0.563. The second-order valence-corrected chi connectivity index (χ2v) is 5.15. The predicted octanol–water partition coefficient (Wildman–Crippen LogP) is 0.889. The van der Waals surface area contributed by atoms with Crippen molar-refractivity contribution in [3.8, 4) is 0 Å². The Hall–Kier alpha value is -1.14. The molecule has 6 heteroatoms. The highest BCUT2D eigenvalue weighted by Crippen LogP contribution is 2.02. The van der Waals surface area contributed by atoms with Gasteiger partial charge in [0.1, 0.15) is 12.1 Å². The molecule has 0 fully saturated rings. The van der Waals surface area contributed by atoms with Gasteiger partial charge < -0.3 is 21.7 Å². The van der Waals surface area contributed by atoms with Gasteiger partial charge in [0, 0.05) is 0 Å². The number of hydrogen-bond acceptors (Lipinski definition) is 4. The van der Waals surface area contributed by atoms with Gasteiger partial charge in [-0.2, -0.15) is 0 Å². The Kier molecular flexibility index (Phi) is 10.5. The molecule has 108 valence electrons. The normalized spacial score (nSPS) is 13.8. The molecule has 0 aliphatic rings. The van der Waals surface area contributed by atoms with E-state index < -0.39 is 24.0 Å². The second kappa shape index (κ2) is 9.85. The zero-order chi connectivity index (χ0) is 14.9. The van der Waals surface area contributed by atoms with E-state index >= 15 is 0 Å². The topological polar surface area (TPSA) is 127 Å². The van der Waals surface area contributed by atoms with Crippen molar-refractivity contribution in [3.05, 3.63) is 0 Å². The number of rotatable bonds is 6. The maximum Gasteiger partial charge on any atom is 0.320 e. The lowest BCUT2D eigenvalue weighted by molar-refractivity contribution is -0.139. The average molecular weight is 262 g/mol. The van der Waals surface area contributed by atoms with E-state index in [0.717, 1.165) is 0 Å². The minimum Gasteiger partial charge on any atom is -0.480 e. The fraction of sp³-hybridized carbons (Fsp3) is 0.833. The molecule has 0 aromatic carbocycles. The van der Waals surface area contributed by atoms with E-state index in [-0.39, 0.29) is 0 Å². The van der Waals surface area contributed by atoms with Gasteiger partial charge in [-0.05, 0) is 24.7 Å². The maximum atomic E-state index is 10.1. The molecule has 0 aromatic heterocycles. The number of hydrogen-bond donors (Lipinski definition) is 4. The zero-order valence-corrected chi connectivity index (χ0v) is 11.6. The SMILES string of the molecule is CC(C)C[C@@H](N)C(=O)O.CC(C)C[C@@H](N)C(=O)O. The Bertz CT molecular complexity index is 228. The van der Waals surface area contributed by atoms with Gasteiger partial charge in [0.2, 0.25) is 0 Å². The molecule has 6 nitrogen and oxygen atoms in total. The first-order valence-electron chi connectivity index (χ1n) is 6.04. The van der Waals surface area contributed by atoms with Crippen LogP contribution in [0.5, 0.6) is 0 Å². The highest BCUT2D eigenvalue weighted by molar-refractivity contribution is 5.73. The van der Waals surface area contributed by atoms with Gasteiger partial charge in [0.05, 0.1) is 0 Å². The molecule has 18 heavy (non-hydrogen) atoms. The van der Waals surface area contributed by atoms with E-state index in [1.807, 2.05) is 27.7 Å². The number of aliphatic carboxylic acids is 2. The summed E-state index contributed by atoms with van der Waals surface area (Å²) < 4.78 is 0. The first-order valence-corrected chi connectivity index (χ1v) is 6.04. The highest BCUT2D eigenvalue weighted by Gasteiger charge is 2.12. The van der Waals surface area contributed by atoms with Crippen LogP contribution in [0.3, 0.4) is 0 Å². The molecule has 0 saturated carbocycles. The van der Waals surface area contributed by atoms with Crippen LogP contribution in [0.25, 0.3) is 0 Å². The number of carboxylic acids is 2. The molecule has 0 amide bonds. The van der Waals surface area contributed by atoms with Crippen LogP contribution in [-0.2, 0) is 9.59 Å². The van der Waals surface area contributed by atoms with Gasteiger partial charge in [0.25, 0.3) is 0 Å². The Morgan fingerprint density at radius 1 is 0.833 bits per heavy atom. The van der Waals surface area contributed by atoms with E-state index in [4.69, 9.17) is 21.7 Å². The smallest absolute Gasteiger partial charge is 0.320 e. The molecule has 0 aliphatic heterocycles. The van der Waals surface area contributed by atoms with Gasteiger partial charge in [-0.1, -0.05) is 27.7 Å². The number of nitrogens with two attached hydrogens (primary N) is 2. The molecular weight excluding hydrogens is 236 g/mol. The van der Waals surface area contributed by atoms with E-state index in [2.05, 4.69) is 0 Å². The third kappa shape index (κ3) is 12.9. The van der Waals surface area contributed by atoms with Crippen LogP contribution in [0.4, 0.5) is 0 Å². The van der Waals surface area contributed by atoms with Gasteiger partial charge in [-0.25, -0.2) is 0 Å². The Balaban J connectivity index is 0. The lowest BCUT2D eigenvalue weighted by Crippen LogP contribution is -2.31. The fourth-order valence-electron chi connectivity index (χ4n) is 1.22. The first-order chi connectivity index (χ1) is 8.07. The summed E-state index contributed by atoms with van der Waals surface area (Å²) in [5, 5.41) is 16.6. The Morgan fingerprint density at radius 3 is 1.11 bits per heavy atom. The third-order valence-corrected chi connectivity index (χ3v) is 2.09. The van der Waals surface area contributed by atoms with Crippen LogP contribution in [-0.4, -0.2) is 34.2 Å². The summed E-state index contributed by atoms with van der Waals surface area (Å²) in [7, 11) is 0. The van der Waals surface area contributed by atoms with Gasteiger partial charge >= 0.3 is 11.9 Å². The monoisotopic (exact) mass is 262 g/mol. The molecule has 2 atom stereocenters. The van der Waals surface area contributed by atoms with Crippen molar-refractivity contribution < 1.29 is 19.8 Å². The molecule has 0 saturated heterocycles. The van der Waals surface area contributed by atoms with E-state index in [1.54, 1.807) is 0 Å². The highest BCUT2D eigenvalue weighted by atomic mass is 16.4. The summed E-state index contributed by atoms with van der Waals surface area (Å²) in [5.74, 6) is -1.11. The van der Waals surface area contributed by atoms with Crippen LogP contribution in [0.15, 0.2) is 0 Å². The minimum absolute atomic E-state index is 0.357. The van der Waals surface area contributed by atoms with Crippen molar-refractivity contribution in [2.45, 2.75) is 52.6 Å². The molecule has 6 N–H and O–H groups in total. The van der Waals surface area contributed by atoms with Crippen LogP contribution < -0.4 is 11.5 Å². The first kappa shape index (κ1) is 19.2. The molecular formula is C12H26N2O4. The molecule has 0 unspecified atom stereocenters. The molecule has 0 rings (SSSR count). The Morgan fingerprint density at radius 2 is 1.06 bits per heavy atom. The van der Waals surface area contributed by atoms with Gasteiger partial charge in [0.15, 0.2) is 0 Å². The van der Waals surface area contributed by atoms with Crippen LogP contribution in [0.1, 0.15) is 40.5 Å². The van der Waals surface area contributed by atoms with Crippen LogP contribution in [0, 0.1) is 11.8 Å². The standard InChI is InChI=1S/2C6H13NO2/c2*1-4(2)3-5(7)6(8)9/h2*4-5H,3,7H2,1-2H3,(H,8,9)/t2*5-/m11/s1. The van der Waals surface area contributed by atoms with Crippen molar-refractivity contribution in [1.82, 2.24) is 0 Å². The van der Waals surface area contributed by atoms with E-state index in [9.17, 15) is 9.59 Å². The molecule has 0 spiro atoms. The third-order valence-electron chi connectivity index (χ3n) is 2.09. The summed E-state index contributed by atoms with van der Waals surface area (Å²) in [6, 6.07) is -1.38. The van der Waals surface area contributed by atoms with Gasteiger partial charge in [-0.15, -0.1) is 0 Å². The zero-order valence-electron chi connectivity index (χ0n) is 11.6. The van der Waals surface area contributed by atoms with Crippen LogP contribution >= 0.6 is 0 Å². The second-order valence-electron chi connectivity index (χ2n) is 5.15. The number of carboxylic acid groups (broad SMARTS) is 2. The lowest BCUT2D eigenvalue weighted by Gasteiger charge is -2.07. The van der Waals surface area contributed by atoms with Crippen molar-refractivity contribution in [3.63, 3.8) is 0 Å². The molecule has 0 aromatic rings. The predicted molar refractivity (Wildman–Crippen MR) is 70.1 cm³/mol. The molecule has 0 aliphatic carbocycles. The molecule has 0 heterocycles. The molecule has 0 bridgehead atoms. The lowest BCUT2D eigenvalue weighted by atomic mass is 10.1. The van der Waals surface area contributed by atoms with Crippen molar-refractivity contribution in [2.75, 3.05) is 0 Å². The van der Waals surface area contributed by atoms with E-state index in [1.165, 1.54) is 0 Å². The number of carbonyl (C=O) groups is 2. The van der Waals surface area contributed by atoms with E-state index in [0.29, 0.717) is 24.7 Å². The largest absolute Gasteiger partial charge is 0.480 e. The fourth-order valence-corrected chi connectivity index (χ4v) is 1.22. The summed E-state index contributed by atoms with van der Waals surface area (Å²) in [5.41, 5.74) is 10.4. The summed E-state index contributed by atoms with van der Waals surface area (Å²) >= 11 is 0.